The summed E-state index contributed by atoms with van der Waals surface area (Å²) in [5.74, 6) is -1.14. The summed E-state index contributed by atoms with van der Waals surface area (Å²) in [5.41, 5.74) is 3.95. The van der Waals surface area contributed by atoms with Crippen LogP contribution in [-0.4, -0.2) is 29.6 Å². The lowest BCUT2D eigenvalue weighted by atomic mass is 9.76. The van der Waals surface area contributed by atoms with Gasteiger partial charge in [-0.3, -0.25) is 4.79 Å². The van der Waals surface area contributed by atoms with Gasteiger partial charge in [-0.25, -0.2) is 4.79 Å². The van der Waals surface area contributed by atoms with Crippen molar-refractivity contribution < 1.29 is 19.4 Å². The summed E-state index contributed by atoms with van der Waals surface area (Å²) in [6.45, 7) is 12.1. The molecule has 0 spiro atoms. The van der Waals surface area contributed by atoms with Crippen molar-refractivity contribution in [2.75, 3.05) is 7.05 Å². The first-order valence-corrected chi connectivity index (χ1v) is 12.2. The highest BCUT2D eigenvalue weighted by atomic mass is 32.1. The fourth-order valence-electron chi connectivity index (χ4n) is 4.23. The van der Waals surface area contributed by atoms with Crippen molar-refractivity contribution in [2.24, 2.45) is 5.41 Å². The molecular formula is C27H35NO4S. The van der Waals surface area contributed by atoms with Gasteiger partial charge in [0.2, 0.25) is 0 Å². The Morgan fingerprint density at radius 2 is 1.94 bits per heavy atom. The molecule has 1 aromatic carbocycles. The van der Waals surface area contributed by atoms with Gasteiger partial charge in [0.25, 0.3) is 5.91 Å². The average Bonchev–Trinajstić information content (AvgIpc) is 3.07. The zero-order chi connectivity index (χ0) is 24.6. The maximum atomic E-state index is 12.4. The first kappa shape index (κ1) is 25.2. The first-order chi connectivity index (χ1) is 15.3. The van der Waals surface area contributed by atoms with Crippen LogP contribution in [0.3, 0.4) is 0 Å². The van der Waals surface area contributed by atoms with Gasteiger partial charge in [-0.1, -0.05) is 32.1 Å². The largest absolute Gasteiger partial charge is 0.479 e. The molecule has 0 bridgehead atoms. The number of carboxylic acid groups (broad SMARTS) is 1. The molecule has 1 aliphatic carbocycles. The molecule has 1 amide bonds. The van der Waals surface area contributed by atoms with Gasteiger partial charge in [0.05, 0.1) is 5.60 Å². The third-order valence-corrected chi connectivity index (χ3v) is 7.17. The van der Waals surface area contributed by atoms with Crippen LogP contribution in [0.4, 0.5) is 0 Å². The van der Waals surface area contributed by atoms with Crippen LogP contribution in [0.2, 0.25) is 0 Å². The molecule has 6 heteroatoms. The third-order valence-electron chi connectivity index (χ3n) is 6.00. The van der Waals surface area contributed by atoms with E-state index in [1.54, 1.807) is 24.5 Å². The topological polar surface area (TPSA) is 75.6 Å². The zero-order valence-corrected chi connectivity index (χ0v) is 21.5. The maximum absolute atomic E-state index is 12.4. The number of thiophene rings is 1. The second kappa shape index (κ2) is 9.43. The monoisotopic (exact) mass is 469 g/mol. The molecular weight excluding hydrogens is 434 g/mol. The number of hydrogen-bond acceptors (Lipinski definition) is 4. The summed E-state index contributed by atoms with van der Waals surface area (Å²) >= 11 is 1.57. The quantitative estimate of drug-likeness (QED) is 0.499. The van der Waals surface area contributed by atoms with Crippen LogP contribution in [0, 0.1) is 12.3 Å². The van der Waals surface area contributed by atoms with Crippen molar-refractivity contribution >= 4 is 28.8 Å². The molecule has 0 fully saturated rings. The minimum atomic E-state index is -1.07. The lowest BCUT2D eigenvalue weighted by molar-refractivity contribution is -0.160. The number of nitrogens with one attached hydrogen (secondary N) is 1. The minimum Gasteiger partial charge on any atom is -0.479 e. The predicted molar refractivity (Wildman–Crippen MR) is 135 cm³/mol. The first-order valence-electron chi connectivity index (χ1n) is 11.4. The minimum absolute atomic E-state index is 0.148. The summed E-state index contributed by atoms with van der Waals surface area (Å²) in [6.07, 6.45) is 4.04. The Morgan fingerprint density at radius 1 is 1.24 bits per heavy atom. The van der Waals surface area contributed by atoms with Crippen molar-refractivity contribution in [1.29, 1.82) is 0 Å². The number of amides is 1. The molecule has 1 aromatic heterocycles. The number of carboxylic acids is 1. The van der Waals surface area contributed by atoms with Crippen LogP contribution in [0.15, 0.2) is 30.3 Å². The third kappa shape index (κ3) is 5.74. The molecule has 0 saturated heterocycles. The zero-order valence-electron chi connectivity index (χ0n) is 20.7. The smallest absolute Gasteiger partial charge is 0.337 e. The number of carbonyl (C=O) groups is 2. The number of benzene rings is 1. The van der Waals surface area contributed by atoms with Gasteiger partial charge >= 0.3 is 5.97 Å². The molecule has 1 aliphatic rings. The molecule has 2 aromatic rings. The van der Waals surface area contributed by atoms with E-state index in [0.717, 1.165) is 51.3 Å². The number of rotatable bonds is 6. The average molecular weight is 470 g/mol. The summed E-state index contributed by atoms with van der Waals surface area (Å²) in [5, 5.41) is 12.8. The molecule has 1 unspecified atom stereocenters. The molecule has 1 heterocycles. The summed E-state index contributed by atoms with van der Waals surface area (Å²) < 4.78 is 6.08. The van der Waals surface area contributed by atoms with E-state index in [9.17, 15) is 14.7 Å². The van der Waals surface area contributed by atoms with E-state index in [2.05, 4.69) is 25.2 Å². The van der Waals surface area contributed by atoms with Crippen molar-refractivity contribution in [3.05, 3.63) is 51.9 Å². The highest BCUT2D eigenvalue weighted by Gasteiger charge is 2.35. The van der Waals surface area contributed by atoms with Gasteiger partial charge < -0.3 is 15.2 Å². The number of ether oxygens (including phenoxy) is 1. The van der Waals surface area contributed by atoms with E-state index in [1.807, 2.05) is 45.9 Å². The molecule has 5 nitrogen and oxygen atoms in total. The molecule has 178 valence electrons. The second-order valence-corrected chi connectivity index (χ2v) is 11.7. The Balaban J connectivity index is 2.25. The molecule has 33 heavy (non-hydrogen) atoms. The van der Waals surface area contributed by atoms with Gasteiger partial charge in [0.15, 0.2) is 6.10 Å². The lowest BCUT2D eigenvalue weighted by Gasteiger charge is -2.31. The fourth-order valence-corrected chi connectivity index (χ4v) is 5.44. The molecule has 3 rings (SSSR count). The Hall–Kier alpha value is -2.44. The number of allylic oxidation sites excluding steroid dienone is 2. The Bertz CT molecular complexity index is 1090. The number of carbonyl (C=O) groups excluding carboxylic acids is 1. The summed E-state index contributed by atoms with van der Waals surface area (Å²) in [6, 6.07) is 7.52. The van der Waals surface area contributed by atoms with E-state index < -0.39 is 17.7 Å². The predicted octanol–water partition coefficient (Wildman–Crippen LogP) is 6.62. The van der Waals surface area contributed by atoms with E-state index in [4.69, 9.17) is 4.74 Å². The summed E-state index contributed by atoms with van der Waals surface area (Å²) in [4.78, 5) is 26.6. The van der Waals surface area contributed by atoms with Gasteiger partial charge in [-0.2, -0.15) is 0 Å². The molecule has 1 atom stereocenters. The van der Waals surface area contributed by atoms with E-state index >= 15 is 0 Å². The Kier molecular flexibility index (Phi) is 7.20. The van der Waals surface area contributed by atoms with Crippen LogP contribution in [-0.2, 0) is 9.53 Å². The SMILES string of the molecule is CNC(=O)c1cccc(-c2sc(C)c(C(OC(C)(C)C)C(=O)O)c2C2=CCC(C)(C)CC2)c1. The van der Waals surface area contributed by atoms with Crippen molar-refractivity contribution in [3.8, 4) is 10.4 Å². The van der Waals surface area contributed by atoms with Crippen molar-refractivity contribution in [3.63, 3.8) is 0 Å². The summed E-state index contributed by atoms with van der Waals surface area (Å²) in [7, 11) is 1.61. The highest BCUT2D eigenvalue weighted by molar-refractivity contribution is 7.16. The van der Waals surface area contributed by atoms with Crippen molar-refractivity contribution in [2.45, 2.75) is 72.5 Å². The molecule has 0 saturated carbocycles. The molecule has 0 radical (unpaired) electrons. The molecule has 2 N–H and O–H groups in total. The van der Waals surface area contributed by atoms with E-state index in [-0.39, 0.29) is 11.3 Å². The van der Waals surface area contributed by atoms with Gasteiger partial charge in [-0.15, -0.1) is 11.3 Å². The standard InChI is InChI=1S/C27H35NO4S/c1-16-20(22(25(30)31)32-26(2,3)4)21(17-11-13-27(5,6)14-12-17)23(33-16)18-9-8-10-19(15-18)24(29)28-7/h8-11,15,22H,12-14H2,1-7H3,(H,28,29)(H,30,31). The highest BCUT2D eigenvalue weighted by Crippen LogP contribution is 2.48. The van der Waals surface area contributed by atoms with Gasteiger partial charge in [0, 0.05) is 33.5 Å². The van der Waals surface area contributed by atoms with Crippen LogP contribution in [0.1, 0.15) is 86.3 Å². The van der Waals surface area contributed by atoms with Crippen LogP contribution >= 0.6 is 11.3 Å². The second-order valence-electron chi connectivity index (χ2n) is 10.5. The van der Waals surface area contributed by atoms with E-state index in [1.165, 1.54) is 0 Å². The van der Waals surface area contributed by atoms with Crippen molar-refractivity contribution in [1.82, 2.24) is 5.32 Å². The fraction of sp³-hybridized carbons (Fsp3) is 0.481. The normalized spacial score (nSPS) is 16.8. The van der Waals surface area contributed by atoms with Gasteiger partial charge in [0.1, 0.15) is 0 Å². The maximum Gasteiger partial charge on any atom is 0.337 e. The number of hydrogen-bond donors (Lipinski definition) is 2. The van der Waals surface area contributed by atoms with Crippen LogP contribution in [0.25, 0.3) is 16.0 Å². The Labute approximate surface area is 200 Å². The Morgan fingerprint density at radius 3 is 2.48 bits per heavy atom. The molecule has 0 aliphatic heterocycles. The number of aryl methyl sites for hydroxylation is 1. The lowest BCUT2D eigenvalue weighted by Crippen LogP contribution is -2.28. The number of aliphatic carboxylic acids is 1. The van der Waals surface area contributed by atoms with Crippen LogP contribution < -0.4 is 5.32 Å². The van der Waals surface area contributed by atoms with Gasteiger partial charge in [-0.05, 0) is 75.6 Å². The van der Waals surface area contributed by atoms with E-state index in [0.29, 0.717) is 5.56 Å². The van der Waals surface area contributed by atoms with Crippen LogP contribution in [0.5, 0.6) is 0 Å².